The monoisotopic (exact) mass is 306 g/mol. The van der Waals surface area contributed by atoms with Crippen LogP contribution >= 0.6 is 0 Å². The number of carbonyl (C=O) groups excluding carboxylic acids is 1. The van der Waals surface area contributed by atoms with Crippen molar-refractivity contribution >= 4 is 11.9 Å². The van der Waals surface area contributed by atoms with E-state index in [9.17, 15) is 9.59 Å². The average Bonchev–Trinajstić information content (AvgIpc) is 2.78. The van der Waals surface area contributed by atoms with Crippen LogP contribution in [-0.2, 0) is 4.74 Å². The first-order valence-corrected chi connectivity index (χ1v) is 7.59. The third-order valence-electron chi connectivity index (χ3n) is 4.01. The molecule has 6 heteroatoms. The van der Waals surface area contributed by atoms with Crippen LogP contribution in [0.2, 0.25) is 0 Å². The fraction of sp³-hybridized carbons (Fsp3) is 0.562. The highest BCUT2D eigenvalue weighted by Gasteiger charge is 2.24. The average molecular weight is 306 g/mol. The maximum atomic E-state index is 12.6. The van der Waals surface area contributed by atoms with Crippen molar-refractivity contribution in [2.45, 2.75) is 25.7 Å². The van der Waals surface area contributed by atoms with Crippen LogP contribution in [0.15, 0.2) is 18.3 Å². The summed E-state index contributed by atoms with van der Waals surface area (Å²) in [6, 6.07) is 2.74. The number of carbonyl (C=O) groups is 2. The van der Waals surface area contributed by atoms with E-state index in [1.54, 1.807) is 12.0 Å². The molecule has 1 aliphatic heterocycles. The zero-order valence-electron chi connectivity index (χ0n) is 12.8. The molecule has 0 saturated carbocycles. The molecule has 22 heavy (non-hydrogen) atoms. The summed E-state index contributed by atoms with van der Waals surface area (Å²) in [7, 11) is 1.68. The van der Waals surface area contributed by atoms with E-state index < -0.39 is 5.97 Å². The van der Waals surface area contributed by atoms with E-state index in [1.165, 1.54) is 18.3 Å². The van der Waals surface area contributed by atoms with Crippen LogP contribution in [0.1, 0.15) is 46.5 Å². The van der Waals surface area contributed by atoms with Crippen LogP contribution in [0.4, 0.5) is 0 Å². The quantitative estimate of drug-likeness (QED) is 0.900. The van der Waals surface area contributed by atoms with Gasteiger partial charge in [0.25, 0.3) is 5.91 Å². The Morgan fingerprint density at radius 3 is 3.00 bits per heavy atom. The predicted octanol–water partition coefficient (Wildman–Crippen LogP) is 2.06. The first-order chi connectivity index (χ1) is 10.6. The number of rotatable bonds is 5. The number of aromatic carboxylic acids is 1. The molecule has 120 valence electrons. The fourth-order valence-corrected chi connectivity index (χ4v) is 2.78. The number of ether oxygens (including phenoxy) is 1. The first kappa shape index (κ1) is 16.4. The summed E-state index contributed by atoms with van der Waals surface area (Å²) in [6.45, 7) is 2.07. The largest absolute Gasteiger partial charge is 0.478 e. The Kier molecular flexibility index (Phi) is 5.89. The van der Waals surface area contributed by atoms with Crippen molar-refractivity contribution in [1.82, 2.24) is 9.88 Å². The zero-order chi connectivity index (χ0) is 15.9. The van der Waals surface area contributed by atoms with E-state index in [0.717, 1.165) is 25.7 Å². The van der Waals surface area contributed by atoms with Crippen molar-refractivity contribution in [3.8, 4) is 0 Å². The van der Waals surface area contributed by atoms with Gasteiger partial charge in [-0.2, -0.15) is 0 Å². The number of carboxylic acids is 1. The zero-order valence-corrected chi connectivity index (χ0v) is 12.8. The fourth-order valence-electron chi connectivity index (χ4n) is 2.78. The summed E-state index contributed by atoms with van der Waals surface area (Å²) >= 11 is 0. The molecule has 0 radical (unpaired) electrons. The van der Waals surface area contributed by atoms with Gasteiger partial charge in [0.15, 0.2) is 0 Å². The van der Waals surface area contributed by atoms with Gasteiger partial charge >= 0.3 is 5.97 Å². The first-order valence-electron chi connectivity index (χ1n) is 7.59. The molecule has 0 bridgehead atoms. The minimum Gasteiger partial charge on any atom is -0.478 e. The highest BCUT2D eigenvalue weighted by atomic mass is 16.5. The van der Waals surface area contributed by atoms with Gasteiger partial charge in [0, 0.05) is 33.0 Å². The molecule has 0 aliphatic carbocycles. The summed E-state index contributed by atoms with van der Waals surface area (Å²) in [5.74, 6) is -0.813. The molecule has 1 saturated heterocycles. The van der Waals surface area contributed by atoms with Crippen molar-refractivity contribution in [2.24, 2.45) is 5.92 Å². The molecule has 1 aromatic rings. The molecule has 0 aromatic carbocycles. The van der Waals surface area contributed by atoms with Gasteiger partial charge < -0.3 is 14.7 Å². The number of likely N-dealkylation sites (tertiary alicyclic amines) is 1. The van der Waals surface area contributed by atoms with E-state index in [0.29, 0.717) is 25.6 Å². The van der Waals surface area contributed by atoms with Crippen LogP contribution in [0.25, 0.3) is 0 Å². The third-order valence-corrected chi connectivity index (χ3v) is 4.01. The number of pyridine rings is 1. The molecule has 2 heterocycles. The Morgan fingerprint density at radius 2 is 2.27 bits per heavy atom. The van der Waals surface area contributed by atoms with Gasteiger partial charge in [-0.1, -0.05) is 6.42 Å². The van der Waals surface area contributed by atoms with Crippen LogP contribution in [0, 0.1) is 5.92 Å². The Bertz CT molecular complexity index is 533. The summed E-state index contributed by atoms with van der Waals surface area (Å²) in [6.07, 6.45) is 5.46. The molecule has 1 fully saturated rings. The lowest BCUT2D eigenvalue weighted by molar-refractivity contribution is 0.0696. The number of amides is 1. The van der Waals surface area contributed by atoms with Crippen molar-refractivity contribution in [3.63, 3.8) is 0 Å². The van der Waals surface area contributed by atoms with E-state index in [-0.39, 0.29) is 17.2 Å². The summed E-state index contributed by atoms with van der Waals surface area (Å²) < 4.78 is 5.13. The van der Waals surface area contributed by atoms with Crippen LogP contribution in [0.3, 0.4) is 0 Å². The lowest BCUT2D eigenvalue weighted by Gasteiger charge is -2.24. The molecule has 1 unspecified atom stereocenters. The number of aromatic nitrogens is 1. The van der Waals surface area contributed by atoms with Gasteiger partial charge in [0.1, 0.15) is 5.69 Å². The molecule has 1 aliphatic rings. The Morgan fingerprint density at radius 1 is 1.45 bits per heavy atom. The third kappa shape index (κ3) is 4.27. The maximum Gasteiger partial charge on any atom is 0.335 e. The topological polar surface area (TPSA) is 79.7 Å². The van der Waals surface area contributed by atoms with E-state index >= 15 is 0 Å². The Balaban J connectivity index is 2.09. The van der Waals surface area contributed by atoms with Crippen LogP contribution in [-0.4, -0.2) is 53.7 Å². The molecular weight excluding hydrogens is 284 g/mol. The number of nitrogens with zero attached hydrogens (tertiary/aromatic N) is 2. The van der Waals surface area contributed by atoms with E-state index in [4.69, 9.17) is 9.84 Å². The SMILES string of the molecule is COCCC1CCCCN(C(=O)c2cc(C(=O)O)ccn2)C1. The van der Waals surface area contributed by atoms with E-state index in [2.05, 4.69) is 4.98 Å². The normalized spacial score (nSPS) is 18.8. The Hall–Kier alpha value is -1.95. The summed E-state index contributed by atoms with van der Waals surface area (Å²) in [5, 5.41) is 9.02. The van der Waals surface area contributed by atoms with Gasteiger partial charge in [0.2, 0.25) is 0 Å². The van der Waals surface area contributed by atoms with Crippen molar-refractivity contribution in [1.29, 1.82) is 0 Å². The second-order valence-corrected chi connectivity index (χ2v) is 5.63. The summed E-state index contributed by atoms with van der Waals surface area (Å²) in [5.41, 5.74) is 0.288. The molecule has 6 nitrogen and oxygen atoms in total. The van der Waals surface area contributed by atoms with Gasteiger partial charge in [0.05, 0.1) is 5.56 Å². The number of hydrogen-bond donors (Lipinski definition) is 1. The lowest BCUT2D eigenvalue weighted by Crippen LogP contribution is -2.35. The standard InChI is InChI=1S/C16H22N2O4/c1-22-9-6-12-4-2-3-8-18(11-12)15(19)14-10-13(16(20)21)5-7-17-14/h5,7,10,12H,2-4,6,8-9,11H2,1H3,(H,20,21). The van der Waals surface area contributed by atoms with Crippen molar-refractivity contribution in [2.75, 3.05) is 26.8 Å². The maximum absolute atomic E-state index is 12.6. The molecule has 1 N–H and O–H groups in total. The van der Waals surface area contributed by atoms with Crippen LogP contribution < -0.4 is 0 Å². The van der Waals surface area contributed by atoms with Gasteiger partial charge in [-0.3, -0.25) is 9.78 Å². The Labute approximate surface area is 130 Å². The molecule has 1 amide bonds. The second kappa shape index (κ2) is 7.89. The van der Waals surface area contributed by atoms with Crippen molar-refractivity contribution in [3.05, 3.63) is 29.6 Å². The number of carboxylic acid groups (broad SMARTS) is 1. The number of methoxy groups -OCH3 is 1. The minimum atomic E-state index is -1.05. The highest BCUT2D eigenvalue weighted by molar-refractivity contribution is 5.95. The minimum absolute atomic E-state index is 0.0871. The lowest BCUT2D eigenvalue weighted by atomic mass is 10.00. The van der Waals surface area contributed by atoms with Gasteiger partial charge in [-0.25, -0.2) is 4.79 Å². The number of hydrogen-bond acceptors (Lipinski definition) is 4. The highest BCUT2D eigenvalue weighted by Crippen LogP contribution is 2.21. The smallest absolute Gasteiger partial charge is 0.335 e. The summed E-state index contributed by atoms with van der Waals surface area (Å²) in [4.78, 5) is 29.4. The molecule has 1 atom stereocenters. The van der Waals surface area contributed by atoms with Gasteiger partial charge in [-0.05, 0) is 37.3 Å². The predicted molar refractivity (Wildman–Crippen MR) is 80.9 cm³/mol. The second-order valence-electron chi connectivity index (χ2n) is 5.63. The van der Waals surface area contributed by atoms with Crippen LogP contribution in [0.5, 0.6) is 0 Å². The molecule has 2 rings (SSSR count). The molecule has 0 spiro atoms. The van der Waals surface area contributed by atoms with Gasteiger partial charge in [-0.15, -0.1) is 0 Å². The van der Waals surface area contributed by atoms with E-state index in [1.807, 2.05) is 0 Å². The molecular formula is C16H22N2O4. The molecule has 1 aromatic heterocycles. The van der Waals surface area contributed by atoms with Crippen molar-refractivity contribution < 1.29 is 19.4 Å².